The molecule has 1 rings (SSSR count). The molecule has 2 N–H and O–H groups in total. The molecule has 0 heterocycles. The summed E-state index contributed by atoms with van der Waals surface area (Å²) in [6.07, 6.45) is 0. The van der Waals surface area contributed by atoms with Gasteiger partial charge < -0.3 is 10.5 Å². The Morgan fingerprint density at radius 2 is 2.21 bits per heavy atom. The van der Waals surface area contributed by atoms with Gasteiger partial charge in [0.05, 0.1) is 6.61 Å². The van der Waals surface area contributed by atoms with E-state index in [0.29, 0.717) is 19.1 Å². The molecule has 2 nitrogen and oxygen atoms in total. The van der Waals surface area contributed by atoms with Gasteiger partial charge in [0.15, 0.2) is 0 Å². The van der Waals surface area contributed by atoms with Gasteiger partial charge in [-0.1, -0.05) is 24.6 Å². The average molecular weight is 214 g/mol. The van der Waals surface area contributed by atoms with Gasteiger partial charge in [0.2, 0.25) is 0 Å². The van der Waals surface area contributed by atoms with E-state index in [4.69, 9.17) is 22.1 Å². The summed E-state index contributed by atoms with van der Waals surface area (Å²) in [4.78, 5) is 0. The summed E-state index contributed by atoms with van der Waals surface area (Å²) in [5, 5.41) is 0.750. The largest absolute Gasteiger partial charge is 0.380 e. The smallest absolute Gasteiger partial charge is 0.0715 e. The van der Waals surface area contributed by atoms with Gasteiger partial charge >= 0.3 is 0 Å². The summed E-state index contributed by atoms with van der Waals surface area (Å²) in [6.45, 7) is 3.32. The topological polar surface area (TPSA) is 35.2 Å². The van der Waals surface area contributed by atoms with E-state index in [1.54, 1.807) is 7.11 Å². The number of rotatable bonds is 4. The van der Waals surface area contributed by atoms with Crippen molar-refractivity contribution in [3.8, 4) is 0 Å². The molecule has 0 aliphatic rings. The van der Waals surface area contributed by atoms with Crippen LogP contribution in [0.15, 0.2) is 18.2 Å². The quantitative estimate of drug-likeness (QED) is 0.835. The molecule has 0 bridgehead atoms. The lowest BCUT2D eigenvalue weighted by Gasteiger charge is -2.14. The van der Waals surface area contributed by atoms with Crippen molar-refractivity contribution in [1.29, 1.82) is 0 Å². The average Bonchev–Trinajstić information content (AvgIpc) is 2.20. The normalized spacial score (nSPS) is 12.9. The van der Waals surface area contributed by atoms with E-state index in [-0.39, 0.29) is 0 Å². The SMILES string of the molecule is COCc1ccc(Cl)cc1C(C)CN. The maximum atomic E-state index is 5.94. The van der Waals surface area contributed by atoms with Gasteiger partial charge in [0.25, 0.3) is 0 Å². The van der Waals surface area contributed by atoms with Crippen molar-refractivity contribution in [1.82, 2.24) is 0 Å². The molecule has 0 saturated heterocycles. The molecule has 0 amide bonds. The first-order chi connectivity index (χ1) is 6.69. The highest BCUT2D eigenvalue weighted by molar-refractivity contribution is 6.30. The number of halogens is 1. The van der Waals surface area contributed by atoms with E-state index >= 15 is 0 Å². The lowest BCUT2D eigenvalue weighted by Crippen LogP contribution is -2.11. The van der Waals surface area contributed by atoms with E-state index in [1.165, 1.54) is 5.56 Å². The molecule has 14 heavy (non-hydrogen) atoms. The molecule has 1 unspecified atom stereocenters. The van der Waals surface area contributed by atoms with Crippen LogP contribution in [-0.4, -0.2) is 13.7 Å². The van der Waals surface area contributed by atoms with Crippen LogP contribution in [-0.2, 0) is 11.3 Å². The standard InChI is InChI=1S/C11H16ClNO/c1-8(6-13)11-5-10(12)4-3-9(11)7-14-2/h3-5,8H,6-7,13H2,1-2H3. The molecule has 0 aliphatic heterocycles. The summed E-state index contributed by atoms with van der Waals surface area (Å²) in [6, 6.07) is 5.84. The second kappa shape index (κ2) is 5.35. The van der Waals surface area contributed by atoms with Gasteiger partial charge in [-0.2, -0.15) is 0 Å². The minimum atomic E-state index is 0.318. The van der Waals surface area contributed by atoms with Crippen LogP contribution in [0.4, 0.5) is 0 Å². The molecule has 0 spiro atoms. The van der Waals surface area contributed by atoms with Crippen molar-refractivity contribution in [3.63, 3.8) is 0 Å². The summed E-state index contributed by atoms with van der Waals surface area (Å²) >= 11 is 5.94. The first-order valence-electron chi connectivity index (χ1n) is 4.66. The van der Waals surface area contributed by atoms with E-state index in [1.807, 2.05) is 18.2 Å². The second-order valence-electron chi connectivity index (χ2n) is 3.41. The number of benzene rings is 1. The van der Waals surface area contributed by atoms with Crippen LogP contribution >= 0.6 is 11.6 Å². The molecule has 0 aromatic heterocycles. The van der Waals surface area contributed by atoms with Crippen LogP contribution in [0, 0.1) is 0 Å². The van der Waals surface area contributed by atoms with Gasteiger partial charge in [-0.3, -0.25) is 0 Å². The summed E-state index contributed by atoms with van der Waals surface area (Å²) in [5.74, 6) is 0.318. The fourth-order valence-corrected chi connectivity index (χ4v) is 1.62. The lowest BCUT2D eigenvalue weighted by atomic mass is 9.96. The highest BCUT2D eigenvalue weighted by Crippen LogP contribution is 2.23. The van der Waals surface area contributed by atoms with Gasteiger partial charge in [0, 0.05) is 12.1 Å². The van der Waals surface area contributed by atoms with Crippen molar-refractivity contribution < 1.29 is 4.74 Å². The Morgan fingerprint density at radius 1 is 1.50 bits per heavy atom. The third-order valence-corrected chi connectivity index (χ3v) is 2.53. The second-order valence-corrected chi connectivity index (χ2v) is 3.85. The van der Waals surface area contributed by atoms with Gasteiger partial charge in [-0.25, -0.2) is 0 Å². The summed E-state index contributed by atoms with van der Waals surface area (Å²) in [7, 11) is 1.69. The minimum absolute atomic E-state index is 0.318. The van der Waals surface area contributed by atoms with Crippen LogP contribution < -0.4 is 5.73 Å². The maximum Gasteiger partial charge on any atom is 0.0715 e. The zero-order valence-electron chi connectivity index (χ0n) is 8.59. The third-order valence-electron chi connectivity index (χ3n) is 2.29. The molecule has 1 atom stereocenters. The van der Waals surface area contributed by atoms with Crippen LogP contribution in [0.5, 0.6) is 0 Å². The van der Waals surface area contributed by atoms with Crippen molar-refractivity contribution in [2.75, 3.05) is 13.7 Å². The van der Waals surface area contributed by atoms with Crippen LogP contribution in [0.1, 0.15) is 24.0 Å². The van der Waals surface area contributed by atoms with Crippen molar-refractivity contribution in [2.45, 2.75) is 19.4 Å². The molecule has 1 aromatic carbocycles. The van der Waals surface area contributed by atoms with E-state index in [2.05, 4.69) is 6.92 Å². The van der Waals surface area contributed by atoms with E-state index < -0.39 is 0 Å². The number of hydrogen-bond donors (Lipinski definition) is 1. The molecule has 0 saturated carbocycles. The number of hydrogen-bond acceptors (Lipinski definition) is 2. The Kier molecular flexibility index (Phi) is 4.39. The van der Waals surface area contributed by atoms with Crippen LogP contribution in [0.2, 0.25) is 5.02 Å². The van der Waals surface area contributed by atoms with Crippen molar-refractivity contribution in [3.05, 3.63) is 34.3 Å². The van der Waals surface area contributed by atoms with E-state index in [9.17, 15) is 0 Å². The van der Waals surface area contributed by atoms with Gasteiger partial charge in [0.1, 0.15) is 0 Å². The van der Waals surface area contributed by atoms with Crippen molar-refractivity contribution in [2.24, 2.45) is 5.73 Å². The zero-order chi connectivity index (χ0) is 10.6. The van der Waals surface area contributed by atoms with Gasteiger partial charge in [-0.15, -0.1) is 0 Å². The monoisotopic (exact) mass is 213 g/mol. The molecule has 78 valence electrons. The Balaban J connectivity index is 3.02. The fraction of sp³-hybridized carbons (Fsp3) is 0.455. The number of nitrogens with two attached hydrogens (primary N) is 1. The Morgan fingerprint density at radius 3 is 2.79 bits per heavy atom. The highest BCUT2D eigenvalue weighted by Gasteiger charge is 2.09. The van der Waals surface area contributed by atoms with Gasteiger partial charge in [-0.05, 0) is 35.7 Å². The Labute approximate surface area is 90.0 Å². The van der Waals surface area contributed by atoms with Crippen molar-refractivity contribution >= 4 is 11.6 Å². The maximum absolute atomic E-state index is 5.94. The number of ether oxygens (including phenoxy) is 1. The molecule has 0 aliphatic carbocycles. The molecular formula is C11H16ClNO. The Hall–Kier alpha value is -0.570. The highest BCUT2D eigenvalue weighted by atomic mass is 35.5. The minimum Gasteiger partial charge on any atom is -0.380 e. The number of methoxy groups -OCH3 is 1. The molecule has 3 heteroatoms. The molecule has 0 fully saturated rings. The molecular weight excluding hydrogens is 198 g/mol. The predicted molar refractivity (Wildman–Crippen MR) is 59.6 cm³/mol. The molecule has 1 aromatic rings. The fourth-order valence-electron chi connectivity index (χ4n) is 1.44. The predicted octanol–water partition coefficient (Wildman–Crippen LogP) is 2.55. The van der Waals surface area contributed by atoms with Crippen LogP contribution in [0.3, 0.4) is 0 Å². The third kappa shape index (κ3) is 2.71. The molecule has 0 radical (unpaired) electrons. The zero-order valence-corrected chi connectivity index (χ0v) is 9.34. The first kappa shape index (κ1) is 11.5. The first-order valence-corrected chi connectivity index (χ1v) is 5.04. The summed E-state index contributed by atoms with van der Waals surface area (Å²) < 4.78 is 5.12. The van der Waals surface area contributed by atoms with E-state index in [0.717, 1.165) is 10.6 Å². The summed E-state index contributed by atoms with van der Waals surface area (Å²) in [5.41, 5.74) is 7.98. The van der Waals surface area contributed by atoms with Crippen LogP contribution in [0.25, 0.3) is 0 Å². The Bertz CT molecular complexity index is 301. The lowest BCUT2D eigenvalue weighted by molar-refractivity contribution is 0.184.